The van der Waals surface area contributed by atoms with Gasteiger partial charge in [-0.3, -0.25) is 4.79 Å². The monoisotopic (exact) mass is 423 g/mol. The van der Waals surface area contributed by atoms with Crippen LogP contribution in [-0.4, -0.2) is 71.1 Å². The summed E-state index contributed by atoms with van der Waals surface area (Å²) in [5.74, 6) is 0.313. The van der Waals surface area contributed by atoms with E-state index in [-0.39, 0.29) is 23.5 Å². The maximum atomic E-state index is 13.6. The largest absolute Gasteiger partial charge is 0.459 e. The van der Waals surface area contributed by atoms with Gasteiger partial charge in [0.25, 0.3) is 5.91 Å². The van der Waals surface area contributed by atoms with Gasteiger partial charge in [-0.2, -0.15) is 0 Å². The number of piperidine rings is 1. The van der Waals surface area contributed by atoms with Crippen LogP contribution in [0.3, 0.4) is 0 Å². The average Bonchev–Trinajstić information content (AvgIpc) is 3.42. The Morgan fingerprint density at radius 3 is 2.45 bits per heavy atom. The lowest BCUT2D eigenvalue weighted by molar-refractivity contribution is -0.0154. The molecule has 3 aliphatic heterocycles. The summed E-state index contributed by atoms with van der Waals surface area (Å²) in [5.41, 5.74) is 0.987. The zero-order valence-electron chi connectivity index (χ0n) is 17.7. The van der Waals surface area contributed by atoms with Crippen molar-refractivity contribution in [2.45, 2.75) is 43.8 Å². The highest BCUT2D eigenvalue weighted by Gasteiger charge is 2.53. The Bertz CT molecular complexity index is 900. The van der Waals surface area contributed by atoms with Gasteiger partial charge in [0.2, 0.25) is 0 Å². The van der Waals surface area contributed by atoms with Crippen molar-refractivity contribution in [1.82, 2.24) is 14.7 Å². The molecule has 1 aromatic heterocycles. The molecule has 4 heterocycles. The van der Waals surface area contributed by atoms with Crippen molar-refractivity contribution < 1.29 is 18.7 Å². The first-order valence-corrected chi connectivity index (χ1v) is 11.2. The first-order chi connectivity index (χ1) is 15.2. The molecule has 7 nitrogen and oxygen atoms in total. The molecule has 3 amide bonds. The molecule has 3 fully saturated rings. The molecule has 0 unspecified atom stereocenters. The molecule has 0 N–H and O–H groups in total. The number of nitrogens with zero attached hydrogens (tertiary/aromatic N) is 3. The van der Waals surface area contributed by atoms with E-state index in [1.54, 1.807) is 12.1 Å². The Morgan fingerprint density at radius 1 is 1.03 bits per heavy atom. The van der Waals surface area contributed by atoms with Gasteiger partial charge in [-0.25, -0.2) is 4.79 Å². The SMILES string of the molecule is O=C(c1ccco1)N1CCC(N2C(=O)N(Cc3ccccc3)CC23CCOCC3)CC1. The topological polar surface area (TPSA) is 66.2 Å². The van der Waals surface area contributed by atoms with Gasteiger partial charge < -0.3 is 23.9 Å². The lowest BCUT2D eigenvalue weighted by Crippen LogP contribution is -2.57. The molecule has 0 radical (unpaired) electrons. The van der Waals surface area contributed by atoms with Crippen LogP contribution in [-0.2, 0) is 11.3 Å². The van der Waals surface area contributed by atoms with Crippen molar-refractivity contribution in [3.63, 3.8) is 0 Å². The highest BCUT2D eigenvalue weighted by Crippen LogP contribution is 2.40. The summed E-state index contributed by atoms with van der Waals surface area (Å²) in [7, 11) is 0. The van der Waals surface area contributed by atoms with Crippen LogP contribution in [0.5, 0.6) is 0 Å². The number of carbonyl (C=O) groups is 2. The van der Waals surface area contributed by atoms with E-state index in [1.165, 1.54) is 6.26 Å². The van der Waals surface area contributed by atoms with Crippen molar-refractivity contribution in [2.75, 3.05) is 32.8 Å². The Kier molecular flexibility index (Phi) is 5.44. The second kappa shape index (κ2) is 8.38. The van der Waals surface area contributed by atoms with E-state index >= 15 is 0 Å². The van der Waals surface area contributed by atoms with Crippen molar-refractivity contribution in [1.29, 1.82) is 0 Å². The fourth-order valence-corrected chi connectivity index (χ4v) is 5.36. The van der Waals surface area contributed by atoms with Crippen molar-refractivity contribution >= 4 is 11.9 Å². The van der Waals surface area contributed by atoms with Crippen molar-refractivity contribution in [3.8, 4) is 0 Å². The van der Waals surface area contributed by atoms with Crippen molar-refractivity contribution in [3.05, 3.63) is 60.1 Å². The molecule has 1 spiro atoms. The zero-order chi connectivity index (χ0) is 21.3. The van der Waals surface area contributed by atoms with Crippen LogP contribution in [0.4, 0.5) is 4.79 Å². The Morgan fingerprint density at radius 2 is 1.77 bits per heavy atom. The summed E-state index contributed by atoms with van der Waals surface area (Å²) < 4.78 is 10.9. The lowest BCUT2D eigenvalue weighted by Gasteiger charge is -2.46. The molecular weight excluding hydrogens is 394 g/mol. The number of amides is 3. The fraction of sp³-hybridized carbons (Fsp3) is 0.500. The van der Waals surface area contributed by atoms with E-state index in [0.29, 0.717) is 38.6 Å². The summed E-state index contributed by atoms with van der Waals surface area (Å²) in [6, 6.07) is 13.9. The molecule has 5 rings (SSSR count). The second-order valence-corrected chi connectivity index (χ2v) is 8.83. The molecule has 7 heteroatoms. The molecule has 0 bridgehead atoms. The number of urea groups is 1. The maximum absolute atomic E-state index is 13.6. The first kappa shape index (κ1) is 20.1. The maximum Gasteiger partial charge on any atom is 0.321 e. The van der Waals surface area contributed by atoms with Crippen LogP contribution >= 0.6 is 0 Å². The Hall–Kier alpha value is -2.80. The third kappa shape index (κ3) is 3.82. The second-order valence-electron chi connectivity index (χ2n) is 8.83. The van der Waals surface area contributed by atoms with Gasteiger partial charge in [-0.1, -0.05) is 30.3 Å². The molecule has 0 aliphatic carbocycles. The smallest absolute Gasteiger partial charge is 0.321 e. The van der Waals surface area contributed by atoms with Crippen LogP contribution in [0.1, 0.15) is 41.8 Å². The van der Waals surface area contributed by atoms with Crippen LogP contribution in [0.15, 0.2) is 53.1 Å². The first-order valence-electron chi connectivity index (χ1n) is 11.2. The molecule has 3 saturated heterocycles. The number of hydrogen-bond acceptors (Lipinski definition) is 4. The predicted octanol–water partition coefficient (Wildman–Crippen LogP) is 3.37. The fourth-order valence-electron chi connectivity index (χ4n) is 5.36. The molecule has 164 valence electrons. The van der Waals surface area contributed by atoms with Crippen LogP contribution in [0.25, 0.3) is 0 Å². The Labute approximate surface area is 182 Å². The summed E-state index contributed by atoms with van der Waals surface area (Å²) in [4.78, 5) is 32.2. The van der Waals surface area contributed by atoms with E-state index in [4.69, 9.17) is 9.15 Å². The van der Waals surface area contributed by atoms with Gasteiger partial charge in [-0.05, 0) is 43.4 Å². The van der Waals surface area contributed by atoms with Gasteiger partial charge in [0.05, 0.1) is 11.8 Å². The van der Waals surface area contributed by atoms with Crippen LogP contribution < -0.4 is 0 Å². The number of carbonyl (C=O) groups excluding carboxylic acids is 2. The minimum atomic E-state index is -0.165. The van der Waals surface area contributed by atoms with Gasteiger partial charge in [-0.15, -0.1) is 0 Å². The lowest BCUT2D eigenvalue weighted by atomic mass is 9.86. The normalized spacial score (nSPS) is 21.8. The molecule has 0 saturated carbocycles. The molecule has 3 aliphatic rings. The van der Waals surface area contributed by atoms with E-state index in [0.717, 1.165) is 37.8 Å². The van der Waals surface area contributed by atoms with Crippen molar-refractivity contribution in [2.24, 2.45) is 0 Å². The van der Waals surface area contributed by atoms with E-state index in [1.807, 2.05) is 28.0 Å². The third-order valence-corrected chi connectivity index (χ3v) is 6.96. The van der Waals surface area contributed by atoms with Gasteiger partial charge in [0.15, 0.2) is 5.76 Å². The molecule has 1 aromatic carbocycles. The minimum Gasteiger partial charge on any atom is -0.459 e. The molecule has 2 aromatic rings. The number of rotatable bonds is 4. The highest BCUT2D eigenvalue weighted by molar-refractivity contribution is 5.91. The molecular formula is C24H29N3O4. The number of furan rings is 1. The number of benzene rings is 1. The zero-order valence-corrected chi connectivity index (χ0v) is 17.7. The van der Waals surface area contributed by atoms with Gasteiger partial charge >= 0.3 is 6.03 Å². The summed E-state index contributed by atoms with van der Waals surface area (Å²) in [5, 5.41) is 0. The van der Waals surface area contributed by atoms with E-state index in [2.05, 4.69) is 17.0 Å². The summed E-state index contributed by atoms with van der Waals surface area (Å²) in [6.07, 6.45) is 4.85. The molecule has 0 atom stereocenters. The van der Waals surface area contributed by atoms with Gasteiger partial charge in [0, 0.05) is 45.4 Å². The predicted molar refractivity (Wildman–Crippen MR) is 115 cm³/mol. The number of ether oxygens (including phenoxy) is 1. The minimum absolute atomic E-state index is 0.0670. The molecule has 31 heavy (non-hydrogen) atoms. The average molecular weight is 424 g/mol. The van der Waals surface area contributed by atoms with Crippen LogP contribution in [0, 0.1) is 0 Å². The third-order valence-electron chi connectivity index (χ3n) is 6.96. The van der Waals surface area contributed by atoms with Gasteiger partial charge in [0.1, 0.15) is 0 Å². The highest BCUT2D eigenvalue weighted by atomic mass is 16.5. The standard InChI is InChI=1S/C24H29N3O4/c28-22(21-7-4-14-31-21)25-12-8-20(9-13-25)27-23(29)26(17-19-5-2-1-3-6-19)18-24(27)10-15-30-16-11-24/h1-7,14,20H,8-13,15-18H2. The van der Waals surface area contributed by atoms with E-state index in [9.17, 15) is 9.59 Å². The summed E-state index contributed by atoms with van der Waals surface area (Å²) >= 11 is 0. The van der Waals surface area contributed by atoms with E-state index < -0.39 is 0 Å². The Balaban J connectivity index is 1.31. The number of likely N-dealkylation sites (tertiary alicyclic amines) is 1. The van der Waals surface area contributed by atoms with Crippen LogP contribution in [0.2, 0.25) is 0 Å². The number of hydrogen-bond donors (Lipinski definition) is 0. The summed E-state index contributed by atoms with van der Waals surface area (Å²) in [6.45, 7) is 4.04. The quantitative estimate of drug-likeness (QED) is 0.756.